The number of hydrazone groups is 1. The Balaban J connectivity index is 1.96. The standard InChI is InChI=1S/C19H15ClF5N5O2/c1-26-29-6-16(12(20)8-31)30-3-2-10-15(7-30)27-9-28-18(10)32-17-5-14(22)13(21)4-11(17)19(23,24)25/h4-6,8-9,26H,2-3,7H2,1H3/b16-12-,29-6-. The second-order valence-corrected chi connectivity index (χ2v) is 6.88. The van der Waals surface area contributed by atoms with Crippen molar-refractivity contribution in [2.45, 2.75) is 19.1 Å². The number of rotatable bonds is 6. The van der Waals surface area contributed by atoms with Crippen molar-refractivity contribution in [2.75, 3.05) is 13.6 Å². The van der Waals surface area contributed by atoms with Crippen LogP contribution in [0.15, 0.2) is 34.3 Å². The number of hydrogen-bond acceptors (Lipinski definition) is 7. The number of carbonyl (C=O) groups is 1. The molecule has 0 saturated heterocycles. The van der Waals surface area contributed by atoms with E-state index in [1.54, 1.807) is 11.9 Å². The summed E-state index contributed by atoms with van der Waals surface area (Å²) in [7, 11) is 1.55. The van der Waals surface area contributed by atoms with Crippen molar-refractivity contribution in [3.63, 3.8) is 0 Å². The lowest BCUT2D eigenvalue weighted by atomic mass is 10.1. The topological polar surface area (TPSA) is 79.7 Å². The zero-order valence-electron chi connectivity index (χ0n) is 16.4. The number of allylic oxidation sites excluding steroid dienone is 2. The lowest BCUT2D eigenvalue weighted by molar-refractivity contribution is -0.138. The van der Waals surface area contributed by atoms with Gasteiger partial charge in [-0.1, -0.05) is 11.6 Å². The molecule has 2 aromatic rings. The van der Waals surface area contributed by atoms with Gasteiger partial charge in [-0.25, -0.2) is 18.7 Å². The molecule has 1 aromatic heterocycles. The van der Waals surface area contributed by atoms with E-state index in [4.69, 9.17) is 16.3 Å². The van der Waals surface area contributed by atoms with Crippen LogP contribution in [0, 0.1) is 11.6 Å². The van der Waals surface area contributed by atoms with Crippen LogP contribution in [-0.2, 0) is 23.9 Å². The maximum Gasteiger partial charge on any atom is 0.420 e. The number of nitrogens with zero attached hydrogens (tertiary/aromatic N) is 4. The van der Waals surface area contributed by atoms with Crippen molar-refractivity contribution in [3.8, 4) is 11.6 Å². The first-order chi connectivity index (χ1) is 15.2. The fourth-order valence-electron chi connectivity index (χ4n) is 3.04. The van der Waals surface area contributed by atoms with E-state index >= 15 is 0 Å². The summed E-state index contributed by atoms with van der Waals surface area (Å²) in [5, 5.41) is 3.74. The van der Waals surface area contributed by atoms with Gasteiger partial charge in [0, 0.05) is 25.2 Å². The molecule has 1 aliphatic rings. The van der Waals surface area contributed by atoms with Crippen LogP contribution < -0.4 is 10.2 Å². The Bertz CT molecular complexity index is 1090. The van der Waals surface area contributed by atoms with Crippen LogP contribution in [0.3, 0.4) is 0 Å². The second kappa shape index (κ2) is 9.47. The van der Waals surface area contributed by atoms with Crippen LogP contribution in [0.5, 0.6) is 11.6 Å². The Labute approximate surface area is 183 Å². The Hall–Kier alpha value is -3.28. The number of nitrogens with one attached hydrogen (secondary N) is 1. The zero-order valence-corrected chi connectivity index (χ0v) is 17.1. The number of ether oxygens (including phenoxy) is 1. The molecule has 2 heterocycles. The normalized spacial score (nSPS) is 14.8. The Kier molecular flexibility index (Phi) is 6.92. The average molecular weight is 476 g/mol. The molecule has 0 aliphatic carbocycles. The van der Waals surface area contributed by atoms with Gasteiger partial charge in [-0.15, -0.1) is 0 Å². The number of halogens is 6. The summed E-state index contributed by atoms with van der Waals surface area (Å²) in [6.07, 6.45) is -1.92. The van der Waals surface area contributed by atoms with Crippen LogP contribution in [0.1, 0.15) is 16.8 Å². The molecule has 0 saturated carbocycles. The van der Waals surface area contributed by atoms with Crippen molar-refractivity contribution >= 4 is 24.1 Å². The maximum absolute atomic E-state index is 13.6. The Morgan fingerprint density at radius 1 is 1.28 bits per heavy atom. The van der Waals surface area contributed by atoms with E-state index in [0.717, 1.165) is 6.33 Å². The molecule has 0 spiro atoms. The lowest BCUT2D eigenvalue weighted by Crippen LogP contribution is -2.32. The van der Waals surface area contributed by atoms with Crippen molar-refractivity contribution in [3.05, 3.63) is 57.6 Å². The number of aromatic nitrogens is 2. The van der Waals surface area contributed by atoms with E-state index in [0.29, 0.717) is 29.3 Å². The van der Waals surface area contributed by atoms with Crippen LogP contribution in [0.25, 0.3) is 0 Å². The summed E-state index contributed by atoms with van der Waals surface area (Å²) in [6, 6.07) is 0.348. The lowest BCUT2D eigenvalue weighted by Gasteiger charge is -2.31. The average Bonchev–Trinajstić information content (AvgIpc) is 2.75. The number of carbonyl (C=O) groups excluding carboxylic acids is 1. The minimum Gasteiger partial charge on any atom is -0.438 e. The first kappa shape index (κ1) is 23.4. The highest BCUT2D eigenvalue weighted by Crippen LogP contribution is 2.40. The molecular formula is C19H15ClF5N5O2. The molecular weight excluding hydrogens is 461 g/mol. The molecule has 170 valence electrons. The molecule has 1 aliphatic heterocycles. The molecule has 0 radical (unpaired) electrons. The maximum atomic E-state index is 13.6. The fraction of sp³-hybridized carbons (Fsp3) is 0.263. The van der Waals surface area contributed by atoms with Crippen molar-refractivity contribution < 1.29 is 31.5 Å². The molecule has 3 rings (SSSR count). The van der Waals surface area contributed by atoms with E-state index in [9.17, 15) is 26.7 Å². The minimum atomic E-state index is -4.98. The summed E-state index contributed by atoms with van der Waals surface area (Å²) < 4.78 is 72.1. The summed E-state index contributed by atoms with van der Waals surface area (Å²) in [6.45, 7) is 0.392. The largest absolute Gasteiger partial charge is 0.438 e. The van der Waals surface area contributed by atoms with Crippen LogP contribution in [0.4, 0.5) is 22.0 Å². The number of aldehydes is 1. The van der Waals surface area contributed by atoms with Crippen molar-refractivity contribution in [1.82, 2.24) is 20.3 Å². The van der Waals surface area contributed by atoms with Gasteiger partial charge in [-0.3, -0.25) is 4.79 Å². The van der Waals surface area contributed by atoms with Crippen molar-refractivity contribution in [1.29, 1.82) is 0 Å². The summed E-state index contributed by atoms with van der Waals surface area (Å²) >= 11 is 5.97. The highest BCUT2D eigenvalue weighted by molar-refractivity contribution is 6.40. The van der Waals surface area contributed by atoms with Gasteiger partial charge in [-0.2, -0.15) is 18.3 Å². The minimum absolute atomic E-state index is 0.0274. The van der Waals surface area contributed by atoms with Gasteiger partial charge < -0.3 is 15.1 Å². The summed E-state index contributed by atoms with van der Waals surface area (Å²) in [5.74, 6) is -4.30. The number of fused-ring (bicyclic) bond motifs is 1. The molecule has 0 atom stereocenters. The Morgan fingerprint density at radius 2 is 2.00 bits per heavy atom. The zero-order chi connectivity index (χ0) is 23.5. The van der Waals surface area contributed by atoms with Gasteiger partial charge in [0.05, 0.1) is 24.2 Å². The van der Waals surface area contributed by atoms with Crippen LogP contribution in [-0.4, -0.2) is 41.0 Å². The number of hydrogen-bond donors (Lipinski definition) is 1. The quantitative estimate of drug-likeness (QED) is 0.225. The molecule has 0 fully saturated rings. The predicted molar refractivity (Wildman–Crippen MR) is 104 cm³/mol. The third-order valence-corrected chi connectivity index (χ3v) is 4.79. The van der Waals surface area contributed by atoms with E-state index in [1.807, 2.05) is 0 Å². The van der Waals surface area contributed by atoms with E-state index in [1.165, 1.54) is 6.21 Å². The number of alkyl halides is 3. The van der Waals surface area contributed by atoms with E-state index in [2.05, 4.69) is 20.5 Å². The second-order valence-electron chi connectivity index (χ2n) is 6.47. The predicted octanol–water partition coefficient (Wildman–Crippen LogP) is 3.78. The van der Waals surface area contributed by atoms with Gasteiger partial charge in [-0.05, 0) is 12.5 Å². The van der Waals surface area contributed by atoms with Gasteiger partial charge in [0.25, 0.3) is 0 Å². The van der Waals surface area contributed by atoms with Crippen LogP contribution in [0.2, 0.25) is 0 Å². The molecule has 32 heavy (non-hydrogen) atoms. The first-order valence-corrected chi connectivity index (χ1v) is 9.40. The highest BCUT2D eigenvalue weighted by atomic mass is 35.5. The molecule has 7 nitrogen and oxygen atoms in total. The van der Waals surface area contributed by atoms with E-state index in [-0.39, 0.29) is 36.5 Å². The van der Waals surface area contributed by atoms with E-state index < -0.39 is 29.1 Å². The third-order valence-electron chi connectivity index (χ3n) is 4.51. The van der Waals surface area contributed by atoms with Gasteiger partial charge in [0.2, 0.25) is 5.88 Å². The van der Waals surface area contributed by atoms with Gasteiger partial charge in [0.1, 0.15) is 22.7 Å². The highest BCUT2D eigenvalue weighted by Gasteiger charge is 2.36. The number of benzene rings is 1. The smallest absolute Gasteiger partial charge is 0.420 e. The summed E-state index contributed by atoms with van der Waals surface area (Å²) in [5.41, 5.74) is 2.14. The fourth-order valence-corrected chi connectivity index (χ4v) is 3.21. The summed E-state index contributed by atoms with van der Waals surface area (Å²) in [4.78, 5) is 20.8. The first-order valence-electron chi connectivity index (χ1n) is 9.02. The Morgan fingerprint density at radius 3 is 2.66 bits per heavy atom. The van der Waals surface area contributed by atoms with Crippen LogP contribution >= 0.6 is 11.6 Å². The van der Waals surface area contributed by atoms with Crippen molar-refractivity contribution in [2.24, 2.45) is 5.10 Å². The molecule has 13 heteroatoms. The molecule has 0 amide bonds. The van der Waals surface area contributed by atoms with Gasteiger partial charge >= 0.3 is 6.18 Å². The SMILES string of the molecule is CN/N=C\C(=C(\Cl)C=O)N1CCc2c(ncnc2Oc2cc(F)c(F)cc2C(F)(F)F)C1. The monoisotopic (exact) mass is 475 g/mol. The van der Waals surface area contributed by atoms with Gasteiger partial charge in [0.15, 0.2) is 17.9 Å². The molecule has 0 unspecified atom stereocenters. The third kappa shape index (κ3) is 4.96. The molecule has 0 bridgehead atoms. The molecule has 1 N–H and O–H groups in total. The molecule has 1 aromatic carbocycles.